The zero-order valence-electron chi connectivity index (χ0n) is 14.1. The fourth-order valence-corrected chi connectivity index (χ4v) is 3.93. The minimum atomic E-state index is -0.154. The van der Waals surface area contributed by atoms with E-state index in [9.17, 15) is 4.79 Å². The molecule has 2 heterocycles. The van der Waals surface area contributed by atoms with Crippen LogP contribution in [0, 0.1) is 6.92 Å². The van der Waals surface area contributed by atoms with Crippen LogP contribution in [0.25, 0.3) is 10.6 Å². The second-order valence-corrected chi connectivity index (χ2v) is 7.48. The number of halogens is 1. The van der Waals surface area contributed by atoms with Crippen LogP contribution in [-0.2, 0) is 6.54 Å². The van der Waals surface area contributed by atoms with Gasteiger partial charge < -0.3 is 9.47 Å². The Morgan fingerprint density at radius 2 is 1.92 bits per heavy atom. The summed E-state index contributed by atoms with van der Waals surface area (Å²) in [5.41, 5.74) is 1.51. The molecule has 5 nitrogen and oxygen atoms in total. The smallest absolute Gasteiger partial charge is 0.267 e. The molecule has 25 heavy (non-hydrogen) atoms. The molecule has 0 spiro atoms. The first-order chi connectivity index (χ1) is 12.0. The number of thiophene rings is 1. The fourth-order valence-electron chi connectivity index (χ4n) is 2.48. The van der Waals surface area contributed by atoms with Gasteiger partial charge in [0.15, 0.2) is 11.5 Å². The van der Waals surface area contributed by atoms with Gasteiger partial charge in [-0.1, -0.05) is 6.07 Å². The predicted molar refractivity (Wildman–Crippen MR) is 103 cm³/mol. The standard InChI is InChI=1S/C18H17BrN2O3S/c1-11-4-8-15(25-11)13-6-9-16(22)21(20-13)10-12-5-7-14(23-2)18(24-3)17(12)19/h4-9H,10H2,1-3H3. The van der Waals surface area contributed by atoms with Crippen LogP contribution in [0.5, 0.6) is 11.5 Å². The molecule has 0 bridgehead atoms. The summed E-state index contributed by atoms with van der Waals surface area (Å²) in [6.45, 7) is 2.38. The average Bonchev–Trinajstić information content (AvgIpc) is 3.04. The third kappa shape index (κ3) is 3.62. The Kier molecular flexibility index (Phi) is 5.24. The van der Waals surface area contributed by atoms with Crippen molar-refractivity contribution < 1.29 is 9.47 Å². The molecule has 3 rings (SSSR count). The van der Waals surface area contributed by atoms with Gasteiger partial charge in [0, 0.05) is 10.9 Å². The molecule has 1 aromatic carbocycles. The molecule has 0 aliphatic heterocycles. The highest BCUT2D eigenvalue weighted by Gasteiger charge is 2.14. The maximum Gasteiger partial charge on any atom is 0.267 e. The van der Waals surface area contributed by atoms with Crippen LogP contribution < -0.4 is 15.0 Å². The molecule has 0 atom stereocenters. The van der Waals surface area contributed by atoms with Crippen molar-refractivity contribution in [1.82, 2.24) is 9.78 Å². The van der Waals surface area contributed by atoms with Gasteiger partial charge in [-0.3, -0.25) is 4.79 Å². The van der Waals surface area contributed by atoms with Crippen molar-refractivity contribution >= 4 is 27.3 Å². The van der Waals surface area contributed by atoms with Gasteiger partial charge in [0.25, 0.3) is 5.56 Å². The molecule has 7 heteroatoms. The summed E-state index contributed by atoms with van der Waals surface area (Å²) in [7, 11) is 3.17. The Morgan fingerprint density at radius 1 is 1.12 bits per heavy atom. The second kappa shape index (κ2) is 7.41. The van der Waals surface area contributed by atoms with Gasteiger partial charge in [0.1, 0.15) is 5.69 Å². The Bertz CT molecular complexity index is 965. The zero-order chi connectivity index (χ0) is 18.0. The fraction of sp³-hybridized carbons (Fsp3) is 0.222. The molecule has 0 unspecified atom stereocenters. The highest BCUT2D eigenvalue weighted by Crippen LogP contribution is 2.37. The van der Waals surface area contributed by atoms with Crippen LogP contribution in [0.15, 0.2) is 45.7 Å². The minimum absolute atomic E-state index is 0.154. The lowest BCUT2D eigenvalue weighted by Gasteiger charge is -2.13. The number of aromatic nitrogens is 2. The highest BCUT2D eigenvalue weighted by atomic mass is 79.9. The first-order valence-electron chi connectivity index (χ1n) is 7.58. The molecule has 0 amide bonds. The van der Waals surface area contributed by atoms with Crippen LogP contribution in [0.2, 0.25) is 0 Å². The molecule has 2 aromatic heterocycles. The Balaban J connectivity index is 2.00. The van der Waals surface area contributed by atoms with Crippen LogP contribution in [0.3, 0.4) is 0 Å². The van der Waals surface area contributed by atoms with Crippen molar-refractivity contribution in [1.29, 1.82) is 0 Å². The Hall–Kier alpha value is -2.12. The van der Waals surface area contributed by atoms with E-state index in [4.69, 9.17) is 9.47 Å². The topological polar surface area (TPSA) is 53.4 Å². The normalized spacial score (nSPS) is 10.7. The molecule has 3 aromatic rings. The van der Waals surface area contributed by atoms with Gasteiger partial charge >= 0.3 is 0 Å². The van der Waals surface area contributed by atoms with Crippen molar-refractivity contribution in [2.24, 2.45) is 0 Å². The Labute approximate surface area is 158 Å². The molecule has 0 saturated carbocycles. The summed E-state index contributed by atoms with van der Waals surface area (Å²) in [6, 6.07) is 11.1. The van der Waals surface area contributed by atoms with Gasteiger partial charge in [-0.05, 0) is 52.7 Å². The first-order valence-corrected chi connectivity index (χ1v) is 9.18. The van der Waals surface area contributed by atoms with Crippen molar-refractivity contribution in [3.8, 4) is 22.1 Å². The molecule has 0 fully saturated rings. The lowest BCUT2D eigenvalue weighted by molar-refractivity contribution is 0.352. The monoisotopic (exact) mass is 420 g/mol. The zero-order valence-corrected chi connectivity index (χ0v) is 16.5. The van der Waals surface area contributed by atoms with E-state index in [1.165, 1.54) is 9.56 Å². The van der Waals surface area contributed by atoms with Crippen LogP contribution in [-0.4, -0.2) is 24.0 Å². The molecule has 0 aliphatic rings. The number of nitrogens with zero attached hydrogens (tertiary/aromatic N) is 2. The van der Waals surface area contributed by atoms with Gasteiger partial charge in [-0.2, -0.15) is 5.10 Å². The van der Waals surface area contributed by atoms with Gasteiger partial charge in [-0.15, -0.1) is 11.3 Å². The quantitative estimate of drug-likeness (QED) is 0.622. The predicted octanol–water partition coefficient (Wildman–Crippen LogP) is 4.11. The number of benzene rings is 1. The lowest BCUT2D eigenvalue weighted by atomic mass is 10.2. The van der Waals surface area contributed by atoms with E-state index in [2.05, 4.69) is 21.0 Å². The largest absolute Gasteiger partial charge is 0.493 e. The molecule has 0 saturated heterocycles. The third-order valence-corrected chi connectivity index (χ3v) is 5.64. The molecular weight excluding hydrogens is 404 g/mol. The summed E-state index contributed by atoms with van der Waals surface area (Å²) in [4.78, 5) is 14.5. The SMILES string of the molecule is COc1ccc(Cn2nc(-c3ccc(C)s3)ccc2=O)c(Br)c1OC. The van der Waals surface area contributed by atoms with Gasteiger partial charge in [-0.25, -0.2) is 4.68 Å². The Morgan fingerprint density at radius 3 is 2.56 bits per heavy atom. The van der Waals surface area contributed by atoms with E-state index in [1.807, 2.05) is 31.2 Å². The number of aryl methyl sites for hydroxylation is 1. The van der Waals surface area contributed by atoms with Crippen LogP contribution >= 0.6 is 27.3 Å². The van der Waals surface area contributed by atoms with E-state index in [0.29, 0.717) is 18.0 Å². The van der Waals surface area contributed by atoms with E-state index in [0.717, 1.165) is 20.6 Å². The summed E-state index contributed by atoms with van der Waals surface area (Å²) < 4.78 is 12.9. The first kappa shape index (κ1) is 17.7. The van der Waals surface area contributed by atoms with E-state index < -0.39 is 0 Å². The summed E-state index contributed by atoms with van der Waals surface area (Å²) in [6.07, 6.45) is 0. The van der Waals surface area contributed by atoms with Crippen molar-refractivity contribution in [2.75, 3.05) is 14.2 Å². The molecule has 0 aliphatic carbocycles. The third-order valence-electron chi connectivity index (χ3n) is 3.74. The number of ether oxygens (including phenoxy) is 2. The van der Waals surface area contributed by atoms with E-state index >= 15 is 0 Å². The van der Waals surface area contributed by atoms with Gasteiger partial charge in [0.05, 0.1) is 30.1 Å². The maximum atomic E-state index is 12.2. The number of hydrogen-bond donors (Lipinski definition) is 0. The lowest BCUT2D eigenvalue weighted by Crippen LogP contribution is -2.23. The average molecular weight is 421 g/mol. The summed E-state index contributed by atoms with van der Waals surface area (Å²) in [5.74, 6) is 1.22. The number of rotatable bonds is 5. The van der Waals surface area contributed by atoms with E-state index in [-0.39, 0.29) is 5.56 Å². The van der Waals surface area contributed by atoms with Gasteiger partial charge in [0.2, 0.25) is 0 Å². The summed E-state index contributed by atoms with van der Waals surface area (Å²) in [5, 5.41) is 4.51. The molecule has 130 valence electrons. The molecule has 0 radical (unpaired) electrons. The molecular formula is C18H17BrN2O3S. The molecule has 0 N–H and O–H groups in total. The van der Waals surface area contributed by atoms with E-state index in [1.54, 1.807) is 37.7 Å². The highest BCUT2D eigenvalue weighted by molar-refractivity contribution is 9.10. The van der Waals surface area contributed by atoms with Crippen molar-refractivity contribution in [3.05, 3.63) is 61.7 Å². The van der Waals surface area contributed by atoms with Crippen LogP contribution in [0.1, 0.15) is 10.4 Å². The second-order valence-electron chi connectivity index (χ2n) is 5.40. The van der Waals surface area contributed by atoms with Crippen molar-refractivity contribution in [2.45, 2.75) is 13.5 Å². The van der Waals surface area contributed by atoms with Crippen LogP contribution in [0.4, 0.5) is 0 Å². The van der Waals surface area contributed by atoms with Crippen molar-refractivity contribution in [3.63, 3.8) is 0 Å². The maximum absolute atomic E-state index is 12.2. The summed E-state index contributed by atoms with van der Waals surface area (Å²) >= 11 is 5.19. The minimum Gasteiger partial charge on any atom is -0.493 e. The number of hydrogen-bond acceptors (Lipinski definition) is 5. The number of methoxy groups -OCH3 is 2.